The molecule has 11 heavy (non-hydrogen) atoms. The van der Waals surface area contributed by atoms with Gasteiger partial charge in [0.15, 0.2) is 0 Å². The number of hydrogen-bond donors (Lipinski definition) is 1. The molecule has 0 aromatic rings. The molecule has 0 aliphatic carbocycles. The van der Waals surface area contributed by atoms with Crippen LogP contribution in [0.2, 0.25) is 0 Å². The van der Waals surface area contributed by atoms with Gasteiger partial charge in [-0.15, -0.1) is 0 Å². The molecule has 0 radical (unpaired) electrons. The van der Waals surface area contributed by atoms with Crippen molar-refractivity contribution in [1.82, 2.24) is 0 Å². The summed E-state index contributed by atoms with van der Waals surface area (Å²) < 4.78 is 0. The van der Waals surface area contributed by atoms with Crippen LogP contribution in [0.1, 0.15) is 39.5 Å². The highest BCUT2D eigenvalue weighted by molar-refractivity contribution is 4.79. The van der Waals surface area contributed by atoms with Crippen molar-refractivity contribution in [2.75, 3.05) is 6.61 Å². The monoisotopic (exact) mass is 156 g/mol. The Kier molecular flexibility index (Phi) is 7.59. The third-order valence-corrected chi connectivity index (χ3v) is 1.78. The summed E-state index contributed by atoms with van der Waals surface area (Å²) in [4.78, 5) is 0. The molecule has 0 saturated carbocycles. The van der Waals surface area contributed by atoms with Gasteiger partial charge in [0.2, 0.25) is 0 Å². The van der Waals surface area contributed by atoms with Crippen molar-refractivity contribution < 1.29 is 5.11 Å². The Hall–Kier alpha value is -0.300. The lowest BCUT2D eigenvalue weighted by Gasteiger charge is -2.04. The smallest absolute Gasteiger partial charge is 0.0456 e. The van der Waals surface area contributed by atoms with E-state index in [1.165, 1.54) is 6.42 Å². The third-order valence-electron chi connectivity index (χ3n) is 1.78. The molecule has 0 aliphatic rings. The Morgan fingerprint density at radius 1 is 1.36 bits per heavy atom. The van der Waals surface area contributed by atoms with Gasteiger partial charge in [-0.3, -0.25) is 0 Å². The number of aliphatic hydroxyl groups is 1. The largest absolute Gasteiger partial charge is 0.396 e. The zero-order chi connectivity index (χ0) is 8.53. The second kappa shape index (κ2) is 7.80. The summed E-state index contributed by atoms with van der Waals surface area (Å²) in [5.41, 5.74) is 0. The van der Waals surface area contributed by atoms with Crippen LogP contribution in [0.15, 0.2) is 12.2 Å². The van der Waals surface area contributed by atoms with Crippen molar-refractivity contribution >= 4 is 0 Å². The number of unbranched alkanes of at least 4 members (excludes halogenated alkanes) is 1. The predicted octanol–water partition coefficient (Wildman–Crippen LogP) is 2.75. The maximum atomic E-state index is 8.72. The lowest BCUT2D eigenvalue weighted by atomic mass is 10.1. The summed E-state index contributed by atoms with van der Waals surface area (Å²) in [7, 11) is 0. The lowest BCUT2D eigenvalue weighted by molar-refractivity contribution is 0.228. The molecule has 1 N–H and O–H groups in total. The first-order valence-corrected chi connectivity index (χ1v) is 4.57. The molecule has 0 spiro atoms. The zero-order valence-electron chi connectivity index (χ0n) is 7.71. The summed E-state index contributed by atoms with van der Waals surface area (Å²) in [6.45, 7) is 4.56. The number of aliphatic hydroxyl groups excluding tert-OH is 1. The van der Waals surface area contributed by atoms with E-state index < -0.39 is 0 Å². The molecule has 1 nitrogen and oxygen atoms in total. The lowest BCUT2D eigenvalue weighted by Crippen LogP contribution is -1.99. The van der Waals surface area contributed by atoms with E-state index in [1.807, 2.05) is 0 Å². The van der Waals surface area contributed by atoms with E-state index in [4.69, 9.17) is 5.11 Å². The fourth-order valence-electron chi connectivity index (χ4n) is 0.960. The molecular formula is C10H20O. The van der Waals surface area contributed by atoms with Crippen LogP contribution in [0.25, 0.3) is 0 Å². The average molecular weight is 156 g/mol. The van der Waals surface area contributed by atoms with Crippen LogP contribution in [0.3, 0.4) is 0 Å². The molecule has 0 saturated heterocycles. The van der Waals surface area contributed by atoms with Gasteiger partial charge in [-0.25, -0.2) is 0 Å². The van der Waals surface area contributed by atoms with Crippen molar-refractivity contribution in [3.8, 4) is 0 Å². The van der Waals surface area contributed by atoms with E-state index in [1.54, 1.807) is 0 Å². The summed E-state index contributed by atoms with van der Waals surface area (Å²) >= 11 is 0. The first-order valence-electron chi connectivity index (χ1n) is 4.57. The summed E-state index contributed by atoms with van der Waals surface area (Å²) in [6.07, 6.45) is 9.07. The number of hydrogen-bond acceptors (Lipinski definition) is 1. The van der Waals surface area contributed by atoms with Crippen LogP contribution in [0.5, 0.6) is 0 Å². The first kappa shape index (κ1) is 10.7. The predicted molar refractivity (Wildman–Crippen MR) is 49.5 cm³/mol. The van der Waals surface area contributed by atoms with Crippen LogP contribution < -0.4 is 0 Å². The Morgan fingerprint density at radius 3 is 2.64 bits per heavy atom. The minimum atomic E-state index is 0.331. The van der Waals surface area contributed by atoms with E-state index in [-0.39, 0.29) is 0 Å². The normalized spacial score (nSPS) is 14.1. The van der Waals surface area contributed by atoms with Gasteiger partial charge in [0.05, 0.1) is 0 Å². The fraction of sp³-hybridized carbons (Fsp3) is 0.800. The van der Waals surface area contributed by atoms with Crippen molar-refractivity contribution in [2.45, 2.75) is 39.5 Å². The Bertz CT molecular complexity index is 97.0. The molecule has 66 valence electrons. The average Bonchev–Trinajstić information content (AvgIpc) is 2.04. The Balaban J connectivity index is 3.07. The third kappa shape index (κ3) is 7.60. The summed E-state index contributed by atoms with van der Waals surface area (Å²) in [5, 5.41) is 8.72. The molecule has 0 aliphatic heterocycles. The molecule has 1 atom stereocenters. The van der Waals surface area contributed by atoms with E-state index in [9.17, 15) is 0 Å². The molecule has 0 aromatic heterocycles. The van der Waals surface area contributed by atoms with Crippen LogP contribution in [-0.2, 0) is 0 Å². The molecule has 0 rings (SSSR count). The van der Waals surface area contributed by atoms with Crippen LogP contribution in [0.4, 0.5) is 0 Å². The van der Waals surface area contributed by atoms with Gasteiger partial charge in [-0.2, -0.15) is 0 Å². The van der Waals surface area contributed by atoms with Gasteiger partial charge >= 0.3 is 0 Å². The molecule has 0 bridgehead atoms. The maximum absolute atomic E-state index is 8.72. The second-order valence-corrected chi connectivity index (χ2v) is 3.10. The van der Waals surface area contributed by atoms with E-state index >= 15 is 0 Å². The molecule has 0 fully saturated rings. The number of rotatable bonds is 6. The van der Waals surface area contributed by atoms with E-state index in [0.29, 0.717) is 12.5 Å². The Morgan fingerprint density at radius 2 is 2.09 bits per heavy atom. The topological polar surface area (TPSA) is 20.2 Å². The first-order chi connectivity index (χ1) is 5.31. The van der Waals surface area contributed by atoms with Crippen molar-refractivity contribution in [2.24, 2.45) is 5.92 Å². The van der Waals surface area contributed by atoms with Crippen LogP contribution in [-0.4, -0.2) is 11.7 Å². The van der Waals surface area contributed by atoms with Gasteiger partial charge in [0, 0.05) is 6.61 Å². The molecule has 1 unspecified atom stereocenters. The minimum Gasteiger partial charge on any atom is -0.396 e. The zero-order valence-corrected chi connectivity index (χ0v) is 7.71. The second-order valence-electron chi connectivity index (χ2n) is 3.10. The van der Waals surface area contributed by atoms with Crippen molar-refractivity contribution in [3.63, 3.8) is 0 Å². The van der Waals surface area contributed by atoms with Gasteiger partial charge in [0.25, 0.3) is 0 Å². The standard InChI is InChI=1S/C10H20O/c1-3-4-5-6-7-8-10(2)9-11/h4-5,10-11H,3,6-9H2,1-2H3. The van der Waals surface area contributed by atoms with E-state index in [2.05, 4.69) is 26.0 Å². The highest BCUT2D eigenvalue weighted by Gasteiger charge is 1.96. The van der Waals surface area contributed by atoms with Gasteiger partial charge in [0.1, 0.15) is 0 Å². The summed E-state index contributed by atoms with van der Waals surface area (Å²) in [6, 6.07) is 0. The van der Waals surface area contributed by atoms with Gasteiger partial charge in [-0.05, 0) is 31.6 Å². The minimum absolute atomic E-state index is 0.331. The number of allylic oxidation sites excluding steroid dienone is 2. The Labute approximate surface area is 70.1 Å². The quantitative estimate of drug-likeness (QED) is 0.463. The highest BCUT2D eigenvalue weighted by atomic mass is 16.3. The van der Waals surface area contributed by atoms with E-state index in [0.717, 1.165) is 19.3 Å². The molecular weight excluding hydrogens is 136 g/mol. The summed E-state index contributed by atoms with van der Waals surface area (Å²) in [5.74, 6) is 0.477. The SMILES string of the molecule is CCC=CCCCC(C)CO. The molecule has 0 aromatic carbocycles. The van der Waals surface area contributed by atoms with Crippen LogP contribution >= 0.6 is 0 Å². The maximum Gasteiger partial charge on any atom is 0.0456 e. The van der Waals surface area contributed by atoms with Crippen LogP contribution in [0, 0.1) is 5.92 Å². The molecule has 1 heteroatoms. The van der Waals surface area contributed by atoms with Crippen molar-refractivity contribution in [1.29, 1.82) is 0 Å². The van der Waals surface area contributed by atoms with Gasteiger partial charge in [-0.1, -0.05) is 26.0 Å². The molecule has 0 amide bonds. The van der Waals surface area contributed by atoms with Crippen molar-refractivity contribution in [3.05, 3.63) is 12.2 Å². The highest BCUT2D eigenvalue weighted by Crippen LogP contribution is 2.06. The molecule has 0 heterocycles. The fourth-order valence-corrected chi connectivity index (χ4v) is 0.960. The van der Waals surface area contributed by atoms with Gasteiger partial charge < -0.3 is 5.11 Å².